The Bertz CT molecular complexity index is 998. The van der Waals surface area contributed by atoms with E-state index in [2.05, 4.69) is 10.3 Å². The highest BCUT2D eigenvalue weighted by Gasteiger charge is 2.49. The first-order valence-corrected chi connectivity index (χ1v) is 12.4. The molecule has 164 valence electrons. The highest BCUT2D eigenvalue weighted by Crippen LogP contribution is 2.42. The Morgan fingerprint density at radius 1 is 1.27 bits per heavy atom. The molecular formula is C20H27N3O5S2. The molecule has 2 fully saturated rings. The third-order valence-electron chi connectivity index (χ3n) is 4.69. The summed E-state index contributed by atoms with van der Waals surface area (Å²) in [6.07, 6.45) is -0.690. The van der Waals surface area contributed by atoms with Gasteiger partial charge in [0.1, 0.15) is 12.1 Å². The number of hydrogen-bond acceptors (Lipinski definition) is 6. The first-order chi connectivity index (χ1) is 13.8. The second-order valence-electron chi connectivity index (χ2n) is 8.60. The van der Waals surface area contributed by atoms with E-state index in [1.165, 1.54) is 11.8 Å². The molecule has 3 rings (SSSR count). The Balaban J connectivity index is 1.83. The molecule has 0 radical (unpaired) electrons. The van der Waals surface area contributed by atoms with Gasteiger partial charge in [-0.1, -0.05) is 23.9 Å². The zero-order valence-corrected chi connectivity index (χ0v) is 19.4. The van der Waals surface area contributed by atoms with Crippen LogP contribution in [0, 0.1) is 13.8 Å². The van der Waals surface area contributed by atoms with Gasteiger partial charge in [-0.15, -0.1) is 0 Å². The van der Waals surface area contributed by atoms with Crippen molar-refractivity contribution >= 4 is 44.5 Å². The van der Waals surface area contributed by atoms with Gasteiger partial charge in [0, 0.05) is 10.9 Å². The number of nitrogens with zero attached hydrogens (tertiary/aromatic N) is 2. The van der Waals surface area contributed by atoms with E-state index in [0.717, 1.165) is 16.8 Å². The van der Waals surface area contributed by atoms with Crippen LogP contribution in [0.5, 0.6) is 0 Å². The summed E-state index contributed by atoms with van der Waals surface area (Å²) in [5.74, 6) is -0.435. The number of amidine groups is 1. The SMILES string of the molecule is Cc1ccc(C)c(N2C(=NC(=O)CNC(=O)OC(C)(C)C)S[C@H]3CS(=O)(=O)C[C@@H]32)c1. The van der Waals surface area contributed by atoms with Crippen molar-refractivity contribution < 1.29 is 22.7 Å². The van der Waals surface area contributed by atoms with E-state index in [-0.39, 0.29) is 29.3 Å². The molecule has 0 spiro atoms. The molecule has 1 N–H and O–H groups in total. The summed E-state index contributed by atoms with van der Waals surface area (Å²) in [4.78, 5) is 30.3. The van der Waals surface area contributed by atoms with Crippen molar-refractivity contribution in [3.63, 3.8) is 0 Å². The molecule has 2 heterocycles. The van der Waals surface area contributed by atoms with Crippen LogP contribution in [-0.2, 0) is 19.4 Å². The Kier molecular flexibility index (Phi) is 6.20. The summed E-state index contributed by atoms with van der Waals surface area (Å²) < 4.78 is 29.5. The number of sulfone groups is 1. The maximum Gasteiger partial charge on any atom is 0.408 e. The lowest BCUT2D eigenvalue weighted by atomic mass is 10.1. The third-order valence-corrected chi connectivity index (χ3v) is 7.90. The second-order valence-corrected chi connectivity index (χ2v) is 12.0. The van der Waals surface area contributed by atoms with Gasteiger partial charge in [0.15, 0.2) is 15.0 Å². The molecule has 2 saturated heterocycles. The van der Waals surface area contributed by atoms with E-state index < -0.39 is 27.4 Å². The minimum Gasteiger partial charge on any atom is -0.444 e. The number of carbonyl (C=O) groups is 2. The molecule has 2 aliphatic heterocycles. The molecule has 2 aliphatic rings. The van der Waals surface area contributed by atoms with Crippen LogP contribution in [0.25, 0.3) is 0 Å². The molecule has 2 amide bonds. The number of rotatable bonds is 3. The van der Waals surface area contributed by atoms with E-state index in [9.17, 15) is 18.0 Å². The molecule has 0 unspecified atom stereocenters. The number of fused-ring (bicyclic) bond motifs is 1. The van der Waals surface area contributed by atoms with Crippen LogP contribution in [0.4, 0.5) is 10.5 Å². The van der Waals surface area contributed by atoms with Crippen LogP contribution in [0.15, 0.2) is 23.2 Å². The summed E-state index contributed by atoms with van der Waals surface area (Å²) in [6.45, 7) is 8.81. The minimum atomic E-state index is -3.14. The van der Waals surface area contributed by atoms with Gasteiger partial charge in [0.2, 0.25) is 0 Å². The van der Waals surface area contributed by atoms with Gasteiger partial charge in [0.05, 0.1) is 17.5 Å². The highest BCUT2D eigenvalue weighted by atomic mass is 32.2. The molecule has 2 atom stereocenters. The Morgan fingerprint density at radius 2 is 1.97 bits per heavy atom. The largest absolute Gasteiger partial charge is 0.444 e. The summed E-state index contributed by atoms with van der Waals surface area (Å²) in [7, 11) is -3.14. The van der Waals surface area contributed by atoms with Crippen LogP contribution < -0.4 is 10.2 Å². The number of ether oxygens (including phenoxy) is 1. The van der Waals surface area contributed by atoms with E-state index >= 15 is 0 Å². The Morgan fingerprint density at radius 3 is 2.63 bits per heavy atom. The number of alkyl carbamates (subject to hydrolysis) is 1. The van der Waals surface area contributed by atoms with Gasteiger partial charge < -0.3 is 15.0 Å². The maximum absolute atomic E-state index is 12.4. The Hall–Kier alpha value is -2.07. The fraction of sp³-hybridized carbons (Fsp3) is 0.550. The van der Waals surface area contributed by atoms with Crippen molar-refractivity contribution in [2.75, 3.05) is 23.0 Å². The molecule has 0 aromatic heterocycles. The van der Waals surface area contributed by atoms with Gasteiger partial charge in [-0.25, -0.2) is 13.2 Å². The quantitative estimate of drug-likeness (QED) is 0.749. The molecule has 0 bridgehead atoms. The number of aryl methyl sites for hydroxylation is 2. The molecule has 1 aromatic rings. The molecule has 0 aliphatic carbocycles. The summed E-state index contributed by atoms with van der Waals surface area (Å²) in [6, 6.07) is 5.65. The molecule has 1 aromatic carbocycles. The van der Waals surface area contributed by atoms with Crippen molar-refractivity contribution in [1.29, 1.82) is 0 Å². The van der Waals surface area contributed by atoms with Crippen LogP contribution in [-0.4, -0.2) is 60.5 Å². The van der Waals surface area contributed by atoms with Crippen molar-refractivity contribution in [2.45, 2.75) is 51.5 Å². The van der Waals surface area contributed by atoms with Crippen molar-refractivity contribution in [2.24, 2.45) is 4.99 Å². The predicted molar refractivity (Wildman–Crippen MR) is 119 cm³/mol. The fourth-order valence-electron chi connectivity index (χ4n) is 3.43. The van der Waals surface area contributed by atoms with Crippen molar-refractivity contribution in [1.82, 2.24) is 5.32 Å². The van der Waals surface area contributed by atoms with Crippen LogP contribution >= 0.6 is 11.8 Å². The van der Waals surface area contributed by atoms with E-state index in [0.29, 0.717) is 5.17 Å². The number of aliphatic imine (C=N–C) groups is 1. The average molecular weight is 454 g/mol. The number of anilines is 1. The van der Waals surface area contributed by atoms with Crippen LogP contribution in [0.1, 0.15) is 31.9 Å². The second kappa shape index (κ2) is 8.22. The van der Waals surface area contributed by atoms with E-state index in [4.69, 9.17) is 4.74 Å². The van der Waals surface area contributed by atoms with Crippen LogP contribution in [0.3, 0.4) is 0 Å². The standard InChI is InChI=1S/C20H27N3O5S2/c1-12-6-7-13(2)14(8-12)23-15-10-30(26,27)11-16(15)29-18(23)22-17(24)9-21-19(25)28-20(3,4)5/h6-8,15-16H,9-11H2,1-5H3,(H,21,25)/t15-,16-/m0/s1. The summed E-state index contributed by atoms with van der Waals surface area (Å²) in [5.41, 5.74) is 2.18. The van der Waals surface area contributed by atoms with Gasteiger partial charge in [0.25, 0.3) is 5.91 Å². The van der Waals surface area contributed by atoms with Gasteiger partial charge in [-0.05, 0) is 51.8 Å². The fourth-order valence-corrected chi connectivity index (χ4v) is 7.36. The lowest BCUT2D eigenvalue weighted by Crippen LogP contribution is -2.39. The number of hydrogen-bond donors (Lipinski definition) is 1. The molecule has 8 nitrogen and oxygen atoms in total. The Labute approximate surface area is 181 Å². The molecular weight excluding hydrogens is 426 g/mol. The molecule has 0 saturated carbocycles. The predicted octanol–water partition coefficient (Wildman–Crippen LogP) is 2.43. The lowest BCUT2D eigenvalue weighted by molar-refractivity contribution is -0.117. The van der Waals surface area contributed by atoms with Gasteiger partial charge in [-0.3, -0.25) is 4.79 Å². The number of carbonyl (C=O) groups excluding carboxylic acids is 2. The smallest absolute Gasteiger partial charge is 0.408 e. The van der Waals surface area contributed by atoms with Crippen molar-refractivity contribution in [3.8, 4) is 0 Å². The topological polar surface area (TPSA) is 105 Å². The first-order valence-electron chi connectivity index (χ1n) is 9.66. The van der Waals surface area contributed by atoms with Gasteiger partial charge >= 0.3 is 6.09 Å². The van der Waals surface area contributed by atoms with E-state index in [1.807, 2.05) is 36.9 Å². The zero-order chi connectivity index (χ0) is 22.3. The maximum atomic E-state index is 12.4. The lowest BCUT2D eigenvalue weighted by Gasteiger charge is -2.26. The number of amides is 2. The highest BCUT2D eigenvalue weighted by molar-refractivity contribution is 8.16. The molecule has 10 heteroatoms. The third kappa shape index (κ3) is 5.34. The first kappa shape index (κ1) is 22.6. The van der Waals surface area contributed by atoms with E-state index in [1.54, 1.807) is 20.8 Å². The van der Waals surface area contributed by atoms with Crippen molar-refractivity contribution in [3.05, 3.63) is 29.3 Å². The number of thioether (sulfide) groups is 1. The minimum absolute atomic E-state index is 0.0292. The van der Waals surface area contributed by atoms with Gasteiger partial charge in [-0.2, -0.15) is 4.99 Å². The number of nitrogens with one attached hydrogen (secondary N) is 1. The summed E-state index contributed by atoms with van der Waals surface area (Å²) >= 11 is 1.31. The average Bonchev–Trinajstić information content (AvgIpc) is 3.04. The monoisotopic (exact) mass is 453 g/mol. The van der Waals surface area contributed by atoms with Crippen LogP contribution in [0.2, 0.25) is 0 Å². The summed E-state index contributed by atoms with van der Waals surface area (Å²) in [5, 5.41) is 2.69. The number of benzene rings is 1. The molecule has 30 heavy (non-hydrogen) atoms. The zero-order valence-electron chi connectivity index (χ0n) is 17.8. The normalized spacial score (nSPS) is 24.0.